The highest BCUT2D eigenvalue weighted by Crippen LogP contribution is 2.18. The second-order valence-corrected chi connectivity index (χ2v) is 6.54. The van der Waals surface area contributed by atoms with Crippen LogP contribution < -0.4 is 5.73 Å². The van der Waals surface area contributed by atoms with Crippen LogP contribution in [0.2, 0.25) is 0 Å². The summed E-state index contributed by atoms with van der Waals surface area (Å²) in [6, 6.07) is 0. The summed E-state index contributed by atoms with van der Waals surface area (Å²) < 4.78 is 5.25. The van der Waals surface area contributed by atoms with Gasteiger partial charge in [-0.2, -0.15) is 0 Å². The first-order valence-corrected chi connectivity index (χ1v) is 8.38. The third kappa shape index (κ3) is 4.07. The number of hydrogen-bond donors (Lipinski definition) is 1. The molecule has 0 unspecified atom stereocenters. The Morgan fingerprint density at radius 3 is 2.48 bits per heavy atom. The first-order chi connectivity index (χ1) is 11.2. The molecular formula is C15H26N6O2. The summed E-state index contributed by atoms with van der Waals surface area (Å²) in [5.41, 5.74) is 5.43. The zero-order chi connectivity index (χ0) is 16.2. The van der Waals surface area contributed by atoms with E-state index < -0.39 is 0 Å². The van der Waals surface area contributed by atoms with Crippen molar-refractivity contribution in [2.75, 3.05) is 52.9 Å². The van der Waals surface area contributed by atoms with Gasteiger partial charge >= 0.3 is 11.8 Å². The summed E-state index contributed by atoms with van der Waals surface area (Å²) in [5, 5.41) is 7.52. The van der Waals surface area contributed by atoms with Crippen LogP contribution in [0.15, 0.2) is 4.42 Å². The lowest BCUT2D eigenvalue weighted by Gasteiger charge is -2.37. The normalized spacial score (nSPS) is 21.7. The molecule has 1 amide bonds. The van der Waals surface area contributed by atoms with Crippen molar-refractivity contribution in [2.24, 2.45) is 11.7 Å². The van der Waals surface area contributed by atoms with Crippen LogP contribution >= 0.6 is 0 Å². The van der Waals surface area contributed by atoms with Gasteiger partial charge in [-0.25, -0.2) is 0 Å². The lowest BCUT2D eigenvalue weighted by molar-refractivity contribution is 0.0556. The number of piperidine rings is 1. The van der Waals surface area contributed by atoms with Gasteiger partial charge in [0.25, 0.3) is 0 Å². The average molecular weight is 322 g/mol. The lowest BCUT2D eigenvalue weighted by atomic mass is 9.96. The molecule has 0 saturated carbocycles. The molecule has 2 N–H and O–H groups in total. The predicted molar refractivity (Wildman–Crippen MR) is 84.8 cm³/mol. The molecule has 3 rings (SSSR count). The summed E-state index contributed by atoms with van der Waals surface area (Å²) in [6.07, 6.45) is 2.55. The van der Waals surface area contributed by atoms with Gasteiger partial charge in [0.15, 0.2) is 0 Å². The number of carbonyl (C=O) groups excluding carboxylic acids is 1. The van der Waals surface area contributed by atoms with Crippen LogP contribution in [0.5, 0.6) is 0 Å². The van der Waals surface area contributed by atoms with Gasteiger partial charge in [0.1, 0.15) is 0 Å². The molecule has 1 aromatic rings. The Bertz CT molecular complexity index is 518. The second kappa shape index (κ2) is 7.37. The predicted octanol–water partition coefficient (Wildman–Crippen LogP) is -0.372. The minimum absolute atomic E-state index is 0.0502. The monoisotopic (exact) mass is 322 g/mol. The fraction of sp³-hybridized carbons (Fsp3) is 0.800. The van der Waals surface area contributed by atoms with Gasteiger partial charge in [0.05, 0.1) is 6.54 Å². The van der Waals surface area contributed by atoms with E-state index >= 15 is 0 Å². The molecule has 23 heavy (non-hydrogen) atoms. The van der Waals surface area contributed by atoms with Gasteiger partial charge in [-0.15, -0.1) is 10.2 Å². The summed E-state index contributed by atoms with van der Waals surface area (Å²) in [5.74, 6) is 0.955. The number of likely N-dealkylation sites (tertiary alicyclic amines) is 1. The number of nitrogens with zero attached hydrogens (tertiary/aromatic N) is 5. The first-order valence-electron chi connectivity index (χ1n) is 8.38. The summed E-state index contributed by atoms with van der Waals surface area (Å²) in [4.78, 5) is 19.0. The van der Waals surface area contributed by atoms with Gasteiger partial charge in [-0.1, -0.05) is 0 Å². The standard InChI is InChI=1S/C15H26N6O2/c1-19-4-2-12(3-5-19)11-20-6-8-21(9-7-20)15(22)14-18-17-13(10-16)23-14/h12H,2-11,16H2,1H3. The van der Waals surface area contributed by atoms with Crippen LogP contribution in [0.4, 0.5) is 0 Å². The minimum atomic E-state index is -0.184. The Kier molecular flexibility index (Phi) is 5.24. The van der Waals surface area contributed by atoms with E-state index in [0.717, 1.165) is 25.6 Å². The molecule has 0 aliphatic carbocycles. The third-order valence-electron chi connectivity index (χ3n) is 4.84. The Balaban J connectivity index is 1.45. The first kappa shape index (κ1) is 16.4. The molecule has 8 heteroatoms. The molecule has 2 fully saturated rings. The van der Waals surface area contributed by atoms with Crippen molar-refractivity contribution >= 4 is 5.91 Å². The van der Waals surface area contributed by atoms with Crippen LogP contribution in [0.3, 0.4) is 0 Å². The number of nitrogens with two attached hydrogens (primary N) is 1. The fourth-order valence-electron chi connectivity index (χ4n) is 3.30. The largest absolute Gasteiger partial charge is 0.415 e. The molecule has 0 spiro atoms. The number of carbonyl (C=O) groups is 1. The SMILES string of the molecule is CN1CCC(CN2CCN(C(=O)c3nnc(CN)o3)CC2)CC1. The summed E-state index contributed by atoms with van der Waals surface area (Å²) in [7, 11) is 2.19. The zero-order valence-electron chi connectivity index (χ0n) is 13.8. The van der Waals surface area contributed by atoms with Gasteiger partial charge in [-0.3, -0.25) is 9.69 Å². The Labute approximate surface area is 136 Å². The number of piperazine rings is 1. The number of amides is 1. The van der Waals surface area contributed by atoms with Gasteiger partial charge in [-0.05, 0) is 38.9 Å². The molecule has 0 bridgehead atoms. The molecule has 1 aromatic heterocycles. The quantitative estimate of drug-likeness (QED) is 0.808. The van der Waals surface area contributed by atoms with Crippen LogP contribution in [-0.4, -0.2) is 83.7 Å². The Morgan fingerprint density at radius 2 is 1.87 bits per heavy atom. The number of hydrogen-bond acceptors (Lipinski definition) is 7. The molecule has 2 saturated heterocycles. The van der Waals surface area contributed by atoms with Crippen molar-refractivity contribution in [3.63, 3.8) is 0 Å². The summed E-state index contributed by atoms with van der Waals surface area (Å²) in [6.45, 7) is 6.95. The molecular weight excluding hydrogens is 296 g/mol. The van der Waals surface area contributed by atoms with E-state index in [1.807, 2.05) is 0 Å². The zero-order valence-corrected chi connectivity index (χ0v) is 13.8. The van der Waals surface area contributed by atoms with Crippen molar-refractivity contribution in [1.82, 2.24) is 24.9 Å². The maximum Gasteiger partial charge on any atom is 0.311 e. The van der Waals surface area contributed by atoms with E-state index in [4.69, 9.17) is 10.2 Å². The molecule has 0 atom stereocenters. The average Bonchev–Trinajstić information content (AvgIpc) is 3.06. The fourth-order valence-corrected chi connectivity index (χ4v) is 3.30. The molecule has 2 aliphatic rings. The van der Waals surface area contributed by atoms with Crippen LogP contribution in [-0.2, 0) is 6.54 Å². The van der Waals surface area contributed by atoms with Crippen molar-refractivity contribution in [1.29, 1.82) is 0 Å². The highest BCUT2D eigenvalue weighted by Gasteiger charge is 2.27. The number of rotatable bonds is 4. The van der Waals surface area contributed by atoms with E-state index in [1.54, 1.807) is 4.90 Å². The van der Waals surface area contributed by atoms with Crippen LogP contribution in [0, 0.1) is 5.92 Å². The van der Waals surface area contributed by atoms with Gasteiger partial charge < -0.3 is 20.0 Å². The molecule has 8 nitrogen and oxygen atoms in total. The maximum atomic E-state index is 12.3. The molecule has 2 aliphatic heterocycles. The van der Waals surface area contributed by atoms with Crippen molar-refractivity contribution in [3.05, 3.63) is 11.8 Å². The van der Waals surface area contributed by atoms with Gasteiger partial charge in [0, 0.05) is 32.7 Å². The minimum Gasteiger partial charge on any atom is -0.415 e. The lowest BCUT2D eigenvalue weighted by Crippen LogP contribution is -2.50. The van der Waals surface area contributed by atoms with Crippen molar-refractivity contribution < 1.29 is 9.21 Å². The third-order valence-corrected chi connectivity index (χ3v) is 4.84. The summed E-state index contributed by atoms with van der Waals surface area (Å²) >= 11 is 0. The van der Waals surface area contributed by atoms with E-state index in [0.29, 0.717) is 19.0 Å². The van der Waals surface area contributed by atoms with Crippen LogP contribution in [0.25, 0.3) is 0 Å². The number of aromatic nitrogens is 2. The Morgan fingerprint density at radius 1 is 1.17 bits per heavy atom. The maximum absolute atomic E-state index is 12.3. The van der Waals surface area contributed by atoms with Crippen LogP contribution in [0.1, 0.15) is 29.4 Å². The molecule has 0 aromatic carbocycles. The van der Waals surface area contributed by atoms with E-state index in [9.17, 15) is 4.79 Å². The van der Waals surface area contributed by atoms with Crippen molar-refractivity contribution in [2.45, 2.75) is 19.4 Å². The molecule has 0 radical (unpaired) electrons. The highest BCUT2D eigenvalue weighted by molar-refractivity contribution is 5.89. The topological polar surface area (TPSA) is 91.7 Å². The molecule has 3 heterocycles. The van der Waals surface area contributed by atoms with E-state index in [1.165, 1.54) is 25.9 Å². The smallest absolute Gasteiger partial charge is 0.311 e. The van der Waals surface area contributed by atoms with E-state index in [2.05, 4.69) is 27.0 Å². The Hall–Kier alpha value is -1.51. The van der Waals surface area contributed by atoms with Crippen molar-refractivity contribution in [3.8, 4) is 0 Å². The highest BCUT2D eigenvalue weighted by atomic mass is 16.4. The van der Waals surface area contributed by atoms with E-state index in [-0.39, 0.29) is 18.3 Å². The second-order valence-electron chi connectivity index (χ2n) is 6.54. The molecule has 128 valence electrons. The van der Waals surface area contributed by atoms with Gasteiger partial charge in [0.2, 0.25) is 5.89 Å².